The Hall–Kier alpha value is -3.99. The van der Waals surface area contributed by atoms with Crippen LogP contribution in [-0.4, -0.2) is 47.6 Å². The van der Waals surface area contributed by atoms with Gasteiger partial charge >= 0.3 is 6.09 Å². The lowest BCUT2D eigenvalue weighted by atomic mass is 9.95. The Bertz CT molecular complexity index is 1230. The maximum Gasteiger partial charge on any atom is 0.408 e. The molecule has 3 rings (SSSR count). The van der Waals surface area contributed by atoms with Gasteiger partial charge in [0, 0.05) is 17.3 Å². The van der Waals surface area contributed by atoms with Gasteiger partial charge < -0.3 is 25.0 Å². The van der Waals surface area contributed by atoms with Crippen molar-refractivity contribution in [3.8, 4) is 18.1 Å². The van der Waals surface area contributed by atoms with E-state index in [-0.39, 0.29) is 29.7 Å². The number of carbonyl (C=O) groups excluding carboxylic acids is 3. The molecule has 8 nitrogen and oxygen atoms in total. The number of hydrogen-bond acceptors (Lipinski definition) is 5. The monoisotopic (exact) mass is 547 g/mol. The molecule has 1 fully saturated rings. The third kappa shape index (κ3) is 7.78. The predicted octanol–water partition coefficient (Wildman–Crippen LogP) is 5.53. The van der Waals surface area contributed by atoms with Crippen LogP contribution in [0.15, 0.2) is 48.5 Å². The topological polar surface area (TPSA) is 97.0 Å². The Morgan fingerprint density at radius 1 is 1.10 bits per heavy atom. The smallest absolute Gasteiger partial charge is 0.408 e. The van der Waals surface area contributed by atoms with Crippen LogP contribution in [0.4, 0.5) is 10.5 Å². The highest BCUT2D eigenvalue weighted by Gasteiger charge is 2.49. The van der Waals surface area contributed by atoms with Crippen LogP contribution < -0.4 is 15.4 Å². The first-order valence-electron chi connectivity index (χ1n) is 13.7. The van der Waals surface area contributed by atoms with Gasteiger partial charge in [0.25, 0.3) is 5.91 Å². The molecule has 0 spiro atoms. The van der Waals surface area contributed by atoms with Crippen molar-refractivity contribution in [1.29, 1.82) is 0 Å². The van der Waals surface area contributed by atoms with E-state index in [4.69, 9.17) is 15.9 Å². The number of nitrogens with zero attached hydrogens (tertiary/aromatic N) is 1. The van der Waals surface area contributed by atoms with E-state index in [0.29, 0.717) is 29.0 Å². The third-order valence-electron chi connectivity index (χ3n) is 7.11. The average molecular weight is 548 g/mol. The number of ether oxygens (including phenoxy) is 2. The third-order valence-corrected chi connectivity index (χ3v) is 7.11. The van der Waals surface area contributed by atoms with Crippen molar-refractivity contribution in [2.45, 2.75) is 78.1 Å². The molecule has 2 aromatic carbocycles. The Morgan fingerprint density at radius 3 is 2.17 bits per heavy atom. The molecule has 0 aliphatic heterocycles. The molecule has 0 saturated heterocycles. The number of benzene rings is 2. The molecule has 0 bridgehead atoms. The van der Waals surface area contributed by atoms with E-state index in [1.807, 2.05) is 20.8 Å². The number of amides is 3. The second-order valence-corrected chi connectivity index (χ2v) is 11.4. The van der Waals surface area contributed by atoms with E-state index >= 15 is 0 Å². The summed E-state index contributed by atoms with van der Waals surface area (Å²) < 4.78 is 10.7. The van der Waals surface area contributed by atoms with Crippen LogP contribution in [0, 0.1) is 24.2 Å². The second-order valence-electron chi connectivity index (χ2n) is 11.4. The molecule has 0 heterocycles. The molecule has 5 atom stereocenters. The molecule has 1 saturated carbocycles. The van der Waals surface area contributed by atoms with Gasteiger partial charge in [0.2, 0.25) is 5.91 Å². The van der Waals surface area contributed by atoms with Crippen LogP contribution in [0.1, 0.15) is 71.6 Å². The molecule has 214 valence electrons. The lowest BCUT2D eigenvalue weighted by molar-refractivity contribution is -0.142. The number of nitrogens with one attached hydrogen (secondary N) is 2. The van der Waals surface area contributed by atoms with E-state index in [9.17, 15) is 14.4 Å². The van der Waals surface area contributed by atoms with Crippen molar-refractivity contribution < 1.29 is 23.9 Å². The van der Waals surface area contributed by atoms with Crippen LogP contribution in [0.5, 0.6) is 5.75 Å². The van der Waals surface area contributed by atoms with E-state index in [2.05, 4.69) is 16.6 Å². The summed E-state index contributed by atoms with van der Waals surface area (Å²) in [6.45, 7) is 11.2. The molecule has 2 N–H and O–H groups in total. The zero-order valence-corrected chi connectivity index (χ0v) is 24.5. The fourth-order valence-electron chi connectivity index (χ4n) is 4.54. The summed E-state index contributed by atoms with van der Waals surface area (Å²) >= 11 is 0. The SMILES string of the molecule is C#Cc1ccc(C(C(=O)Nc2ccc(OC)cc2)N(C(=O)C(NC(=O)OC(C)(C)C)C(C)CC)C2CC2C)cc1. The van der Waals surface area contributed by atoms with E-state index in [1.165, 1.54) is 0 Å². The van der Waals surface area contributed by atoms with Crippen molar-refractivity contribution >= 4 is 23.6 Å². The van der Waals surface area contributed by atoms with Crippen molar-refractivity contribution in [3.05, 3.63) is 59.7 Å². The number of carbonyl (C=O) groups is 3. The number of alkyl carbamates (subject to hydrolysis) is 1. The quantitative estimate of drug-likeness (QED) is 0.381. The van der Waals surface area contributed by atoms with Crippen LogP contribution in [0.2, 0.25) is 0 Å². The molecular formula is C32H41N3O5. The maximum atomic E-state index is 14.4. The molecule has 0 radical (unpaired) electrons. The highest BCUT2D eigenvalue weighted by Crippen LogP contribution is 2.41. The summed E-state index contributed by atoms with van der Waals surface area (Å²) in [5.41, 5.74) is 1.13. The van der Waals surface area contributed by atoms with E-state index in [1.54, 1.807) is 81.3 Å². The first-order chi connectivity index (χ1) is 18.9. The fraction of sp³-hybridized carbons (Fsp3) is 0.469. The Kier molecular flexibility index (Phi) is 9.86. The van der Waals surface area contributed by atoms with Gasteiger partial charge in [-0.2, -0.15) is 0 Å². The molecule has 40 heavy (non-hydrogen) atoms. The number of hydrogen-bond donors (Lipinski definition) is 2. The largest absolute Gasteiger partial charge is 0.497 e. The van der Waals surface area contributed by atoms with Crippen LogP contribution in [0.3, 0.4) is 0 Å². The first-order valence-corrected chi connectivity index (χ1v) is 13.7. The van der Waals surface area contributed by atoms with Gasteiger partial charge in [0.15, 0.2) is 0 Å². The average Bonchev–Trinajstić information content (AvgIpc) is 3.64. The number of anilines is 1. The van der Waals surface area contributed by atoms with Gasteiger partial charge in [0.05, 0.1) is 7.11 Å². The Balaban J connectivity index is 2.03. The Labute approximate surface area is 237 Å². The van der Waals surface area contributed by atoms with Crippen molar-refractivity contribution in [1.82, 2.24) is 10.2 Å². The molecular weight excluding hydrogens is 506 g/mol. The highest BCUT2D eigenvalue weighted by atomic mass is 16.6. The minimum absolute atomic E-state index is 0.168. The number of terminal acetylenes is 1. The predicted molar refractivity (Wildman–Crippen MR) is 156 cm³/mol. The fourth-order valence-corrected chi connectivity index (χ4v) is 4.54. The molecule has 0 aromatic heterocycles. The van der Waals surface area contributed by atoms with Crippen molar-refractivity contribution in [2.75, 3.05) is 12.4 Å². The molecule has 1 aliphatic rings. The van der Waals surface area contributed by atoms with Crippen LogP contribution in [-0.2, 0) is 14.3 Å². The summed E-state index contributed by atoms with van der Waals surface area (Å²) in [7, 11) is 1.57. The molecule has 1 aliphatic carbocycles. The highest BCUT2D eigenvalue weighted by molar-refractivity contribution is 5.99. The lowest BCUT2D eigenvalue weighted by Crippen LogP contribution is -2.55. The van der Waals surface area contributed by atoms with E-state index in [0.717, 1.165) is 6.42 Å². The first kappa shape index (κ1) is 30.6. The van der Waals surface area contributed by atoms with Gasteiger partial charge in [-0.15, -0.1) is 6.42 Å². The summed E-state index contributed by atoms with van der Waals surface area (Å²) in [6.07, 6.45) is 6.28. The zero-order valence-electron chi connectivity index (χ0n) is 24.5. The minimum Gasteiger partial charge on any atom is -0.497 e. The summed E-state index contributed by atoms with van der Waals surface area (Å²) in [6, 6.07) is 12.1. The lowest BCUT2D eigenvalue weighted by Gasteiger charge is -2.36. The Morgan fingerprint density at radius 2 is 1.70 bits per heavy atom. The van der Waals surface area contributed by atoms with Crippen LogP contribution in [0.25, 0.3) is 0 Å². The van der Waals surface area contributed by atoms with Gasteiger partial charge in [-0.05, 0) is 81.0 Å². The number of rotatable bonds is 10. The standard InChI is InChI=1S/C32H41N3O5/c1-9-20(3)27(34-31(38)40-32(5,6)7)30(37)35(26-19-21(26)4)28(23-13-11-22(10-2)12-14-23)29(36)33-24-15-17-25(39-8)18-16-24/h2,11-18,20-21,26-28H,9,19H2,1,3-8H3,(H,33,36)(H,34,38). The summed E-state index contributed by atoms with van der Waals surface area (Å²) in [5, 5.41) is 5.77. The summed E-state index contributed by atoms with van der Waals surface area (Å²) in [5.74, 6) is 2.55. The van der Waals surface area contributed by atoms with Gasteiger partial charge in [0.1, 0.15) is 23.4 Å². The molecule has 2 aromatic rings. The van der Waals surface area contributed by atoms with Crippen LogP contribution >= 0.6 is 0 Å². The van der Waals surface area contributed by atoms with Crippen molar-refractivity contribution in [2.24, 2.45) is 11.8 Å². The van der Waals surface area contributed by atoms with Crippen molar-refractivity contribution in [3.63, 3.8) is 0 Å². The van der Waals surface area contributed by atoms with E-state index < -0.39 is 23.8 Å². The van der Waals surface area contributed by atoms with Gasteiger partial charge in [-0.3, -0.25) is 9.59 Å². The molecule has 3 amide bonds. The van der Waals surface area contributed by atoms with Gasteiger partial charge in [-0.25, -0.2) is 4.79 Å². The molecule has 5 unspecified atom stereocenters. The van der Waals surface area contributed by atoms with Gasteiger partial charge in [-0.1, -0.05) is 45.2 Å². The number of methoxy groups -OCH3 is 1. The maximum absolute atomic E-state index is 14.4. The summed E-state index contributed by atoms with van der Waals surface area (Å²) in [4.78, 5) is 42.8. The normalized spacial score (nSPS) is 18.4. The minimum atomic E-state index is -0.955. The second kappa shape index (κ2) is 12.9. The molecule has 8 heteroatoms. The zero-order chi connectivity index (χ0) is 29.6.